The van der Waals surface area contributed by atoms with Crippen LogP contribution in [0, 0.1) is 0 Å². The van der Waals surface area contributed by atoms with Crippen molar-refractivity contribution in [2.24, 2.45) is 0 Å². The third-order valence-corrected chi connectivity index (χ3v) is 6.16. The fourth-order valence-electron chi connectivity index (χ4n) is 3.03. The maximum atomic E-state index is 5.70. The maximum absolute atomic E-state index is 5.70. The lowest BCUT2D eigenvalue weighted by molar-refractivity contribution is 0.171. The first-order valence-corrected chi connectivity index (χ1v) is 10.0. The minimum atomic E-state index is 0.649. The van der Waals surface area contributed by atoms with Gasteiger partial charge in [-0.2, -0.15) is 11.8 Å². The smallest absolute Gasteiger partial charge is 0.162 e. The van der Waals surface area contributed by atoms with E-state index in [0.717, 1.165) is 23.3 Å². The monoisotopic (exact) mass is 325 g/mol. The van der Waals surface area contributed by atoms with Crippen LogP contribution in [0.5, 0.6) is 11.5 Å². The number of ether oxygens (including phenoxy) is 2. The average molecular weight is 325 g/mol. The van der Waals surface area contributed by atoms with Crippen LogP contribution < -0.4 is 14.8 Å². The summed E-state index contributed by atoms with van der Waals surface area (Å²) >= 11 is 3.78. The van der Waals surface area contributed by atoms with Crippen LogP contribution in [-0.2, 0) is 6.54 Å². The van der Waals surface area contributed by atoms with Gasteiger partial charge in [0.15, 0.2) is 11.5 Å². The molecule has 3 nitrogen and oxygen atoms in total. The van der Waals surface area contributed by atoms with Gasteiger partial charge in [0.2, 0.25) is 0 Å². The molecule has 1 fully saturated rings. The van der Waals surface area contributed by atoms with Crippen molar-refractivity contribution in [1.82, 2.24) is 5.32 Å². The summed E-state index contributed by atoms with van der Waals surface area (Å²) in [7, 11) is 0. The first kappa shape index (κ1) is 15.4. The summed E-state index contributed by atoms with van der Waals surface area (Å²) < 4.78 is 11.4. The zero-order chi connectivity index (χ0) is 14.7. The van der Waals surface area contributed by atoms with E-state index in [2.05, 4.69) is 30.0 Å². The van der Waals surface area contributed by atoms with Gasteiger partial charge in [-0.3, -0.25) is 0 Å². The Kier molecular flexibility index (Phi) is 5.24. The van der Waals surface area contributed by atoms with Gasteiger partial charge in [0, 0.05) is 22.7 Å². The van der Waals surface area contributed by atoms with Crippen molar-refractivity contribution >= 4 is 23.5 Å². The molecule has 1 aliphatic heterocycles. The molecule has 3 rings (SSSR count). The predicted octanol–water partition coefficient (Wildman–Crippen LogP) is 3.55. The molecule has 21 heavy (non-hydrogen) atoms. The third kappa shape index (κ3) is 3.63. The topological polar surface area (TPSA) is 30.5 Å². The summed E-state index contributed by atoms with van der Waals surface area (Å²) in [5.74, 6) is 1.78. The highest BCUT2D eigenvalue weighted by Crippen LogP contribution is 2.37. The molecular weight excluding hydrogens is 302 g/mol. The molecule has 2 atom stereocenters. The van der Waals surface area contributed by atoms with E-state index < -0.39 is 0 Å². The Morgan fingerprint density at radius 2 is 1.90 bits per heavy atom. The summed E-state index contributed by atoms with van der Waals surface area (Å²) in [5.41, 5.74) is 1.32. The Balaban J connectivity index is 1.67. The minimum Gasteiger partial charge on any atom is -0.486 e. The Labute approximate surface area is 135 Å². The second kappa shape index (κ2) is 7.16. The van der Waals surface area contributed by atoms with Gasteiger partial charge in [0.25, 0.3) is 0 Å². The summed E-state index contributed by atoms with van der Waals surface area (Å²) in [6.07, 6.45) is 8.27. The van der Waals surface area contributed by atoms with Gasteiger partial charge in [-0.1, -0.05) is 0 Å². The summed E-state index contributed by atoms with van der Waals surface area (Å²) in [4.78, 5) is 1.28. The molecule has 116 valence electrons. The van der Waals surface area contributed by atoms with Gasteiger partial charge < -0.3 is 14.8 Å². The largest absolute Gasteiger partial charge is 0.486 e. The van der Waals surface area contributed by atoms with Crippen LogP contribution in [0.3, 0.4) is 0 Å². The highest BCUT2D eigenvalue weighted by atomic mass is 32.2. The number of fused-ring (bicyclic) bond motifs is 1. The first-order valence-electron chi connectivity index (χ1n) is 7.53. The average Bonchev–Trinajstić information content (AvgIpc) is 3.00. The van der Waals surface area contributed by atoms with E-state index in [1.54, 1.807) is 11.8 Å². The Morgan fingerprint density at radius 3 is 2.57 bits per heavy atom. The molecule has 1 aromatic carbocycles. The van der Waals surface area contributed by atoms with Crippen LogP contribution >= 0.6 is 23.5 Å². The van der Waals surface area contributed by atoms with E-state index in [9.17, 15) is 0 Å². The number of hydrogen-bond donors (Lipinski definition) is 1. The molecule has 0 saturated heterocycles. The zero-order valence-corrected chi connectivity index (χ0v) is 14.3. The maximum Gasteiger partial charge on any atom is 0.162 e. The SMILES string of the molecule is CSc1cc2c(cc1CNC1CCC(SC)C1)OCCO2. The molecule has 0 spiro atoms. The van der Waals surface area contributed by atoms with E-state index in [1.807, 2.05) is 11.8 Å². The Bertz CT molecular complexity index is 495. The summed E-state index contributed by atoms with van der Waals surface area (Å²) in [5, 5.41) is 4.56. The van der Waals surface area contributed by atoms with Crippen LogP contribution in [-0.4, -0.2) is 37.0 Å². The second-order valence-corrected chi connectivity index (χ2v) is 7.54. The summed E-state index contributed by atoms with van der Waals surface area (Å²) in [6, 6.07) is 4.93. The molecule has 5 heteroatoms. The Morgan fingerprint density at radius 1 is 1.14 bits per heavy atom. The van der Waals surface area contributed by atoms with Crippen molar-refractivity contribution in [1.29, 1.82) is 0 Å². The van der Waals surface area contributed by atoms with Crippen molar-refractivity contribution < 1.29 is 9.47 Å². The van der Waals surface area contributed by atoms with Crippen LogP contribution in [0.1, 0.15) is 24.8 Å². The van der Waals surface area contributed by atoms with Gasteiger partial charge in [-0.25, -0.2) is 0 Å². The van der Waals surface area contributed by atoms with Crippen LogP contribution in [0.15, 0.2) is 17.0 Å². The molecule has 1 aliphatic carbocycles. The van der Waals surface area contributed by atoms with E-state index in [4.69, 9.17) is 9.47 Å². The van der Waals surface area contributed by atoms with Crippen molar-refractivity contribution in [2.75, 3.05) is 25.7 Å². The molecule has 1 aromatic rings. The normalized spacial score (nSPS) is 24.3. The van der Waals surface area contributed by atoms with Crippen molar-refractivity contribution in [3.63, 3.8) is 0 Å². The lowest BCUT2D eigenvalue weighted by Gasteiger charge is -2.21. The predicted molar refractivity (Wildman–Crippen MR) is 91.0 cm³/mol. The van der Waals surface area contributed by atoms with E-state index >= 15 is 0 Å². The Hall–Kier alpha value is -0.520. The fraction of sp³-hybridized carbons (Fsp3) is 0.625. The molecule has 0 radical (unpaired) electrons. The number of benzene rings is 1. The van der Waals surface area contributed by atoms with Crippen LogP contribution in [0.25, 0.3) is 0 Å². The van der Waals surface area contributed by atoms with Crippen LogP contribution in [0.2, 0.25) is 0 Å². The molecule has 0 amide bonds. The number of thioether (sulfide) groups is 2. The third-order valence-electron chi connectivity index (χ3n) is 4.24. The fourth-order valence-corrected chi connectivity index (χ4v) is 4.45. The van der Waals surface area contributed by atoms with Gasteiger partial charge in [-0.05, 0) is 49.5 Å². The van der Waals surface area contributed by atoms with Gasteiger partial charge in [0.05, 0.1) is 0 Å². The van der Waals surface area contributed by atoms with Gasteiger partial charge in [-0.15, -0.1) is 11.8 Å². The molecule has 2 aliphatic rings. The highest BCUT2D eigenvalue weighted by molar-refractivity contribution is 7.99. The molecule has 0 aromatic heterocycles. The molecule has 2 unspecified atom stereocenters. The highest BCUT2D eigenvalue weighted by Gasteiger charge is 2.24. The number of nitrogens with one attached hydrogen (secondary N) is 1. The van der Waals surface area contributed by atoms with Gasteiger partial charge >= 0.3 is 0 Å². The second-order valence-electron chi connectivity index (χ2n) is 5.56. The van der Waals surface area contributed by atoms with Crippen molar-refractivity contribution in [2.45, 2.75) is 42.0 Å². The molecule has 0 bridgehead atoms. The quantitative estimate of drug-likeness (QED) is 0.837. The molecule has 1 saturated carbocycles. The molecule has 1 N–H and O–H groups in total. The number of rotatable bonds is 5. The lowest BCUT2D eigenvalue weighted by atomic mass is 10.1. The van der Waals surface area contributed by atoms with Crippen molar-refractivity contribution in [3.05, 3.63) is 17.7 Å². The molecule has 1 heterocycles. The lowest BCUT2D eigenvalue weighted by Crippen LogP contribution is -2.26. The van der Waals surface area contributed by atoms with E-state index in [-0.39, 0.29) is 0 Å². The van der Waals surface area contributed by atoms with Gasteiger partial charge in [0.1, 0.15) is 13.2 Å². The standard InChI is InChI=1S/C16H23NO2S2/c1-20-13-4-3-12(8-13)17-10-11-7-14-15(9-16(11)21-2)19-6-5-18-14/h7,9,12-13,17H,3-6,8,10H2,1-2H3. The van der Waals surface area contributed by atoms with E-state index in [0.29, 0.717) is 19.3 Å². The number of hydrogen-bond acceptors (Lipinski definition) is 5. The van der Waals surface area contributed by atoms with Crippen molar-refractivity contribution in [3.8, 4) is 11.5 Å². The zero-order valence-electron chi connectivity index (χ0n) is 12.7. The van der Waals surface area contributed by atoms with E-state index in [1.165, 1.54) is 29.7 Å². The first-order chi connectivity index (χ1) is 10.3. The summed E-state index contributed by atoms with van der Waals surface area (Å²) in [6.45, 7) is 2.21. The van der Waals surface area contributed by atoms with Crippen LogP contribution in [0.4, 0.5) is 0 Å². The minimum absolute atomic E-state index is 0.649. The molecular formula is C16H23NO2S2.